The van der Waals surface area contributed by atoms with E-state index in [0.717, 1.165) is 16.2 Å². The molecule has 0 saturated carbocycles. The minimum atomic E-state index is -1.04. The van der Waals surface area contributed by atoms with E-state index in [1.165, 1.54) is 12.1 Å². The van der Waals surface area contributed by atoms with Crippen molar-refractivity contribution in [1.29, 1.82) is 0 Å². The van der Waals surface area contributed by atoms with Crippen molar-refractivity contribution in [1.82, 2.24) is 15.5 Å². The van der Waals surface area contributed by atoms with Crippen molar-refractivity contribution in [3.05, 3.63) is 95.1 Å². The van der Waals surface area contributed by atoms with Gasteiger partial charge < -0.3 is 15.5 Å². The molecule has 11 nitrogen and oxygen atoms in total. The highest BCUT2D eigenvalue weighted by Gasteiger charge is 2.44. The molecule has 0 spiro atoms. The number of hydrogen-bond donors (Lipinski definition) is 3. The Morgan fingerprint density at radius 3 is 2.29 bits per heavy atom. The number of fused-ring (bicyclic) bond motifs is 1. The van der Waals surface area contributed by atoms with E-state index in [-0.39, 0.29) is 42.8 Å². The fourth-order valence-corrected chi connectivity index (χ4v) is 5.07. The van der Waals surface area contributed by atoms with Gasteiger partial charge in [-0.15, -0.1) is 0 Å². The van der Waals surface area contributed by atoms with Crippen LogP contribution in [0.3, 0.4) is 0 Å². The molecule has 3 aromatic rings. The smallest absolute Gasteiger partial charge is 0.319 e. The molecule has 1 saturated heterocycles. The van der Waals surface area contributed by atoms with E-state index >= 15 is 0 Å². The maximum absolute atomic E-state index is 13.0. The Hall–Kier alpha value is -5.32. The number of urea groups is 1. The number of carbonyl (C=O) groups is 6. The minimum Gasteiger partial charge on any atom is -0.334 e. The number of anilines is 2. The van der Waals surface area contributed by atoms with Crippen LogP contribution in [-0.2, 0) is 27.3 Å². The fraction of sp³-hybridized carbons (Fsp3) is 0.226. The minimum absolute atomic E-state index is 0.0306. The van der Waals surface area contributed by atoms with E-state index < -0.39 is 35.7 Å². The molecule has 2 aliphatic heterocycles. The predicted molar refractivity (Wildman–Crippen MR) is 154 cm³/mol. The lowest BCUT2D eigenvalue weighted by atomic mass is 10.0. The molecule has 1 unspecified atom stereocenters. The van der Waals surface area contributed by atoms with Gasteiger partial charge in [0, 0.05) is 30.9 Å². The number of rotatable bonds is 8. The van der Waals surface area contributed by atoms with Crippen molar-refractivity contribution in [3.63, 3.8) is 0 Å². The van der Waals surface area contributed by atoms with Crippen LogP contribution in [0.2, 0.25) is 0 Å². The molecule has 2 aliphatic rings. The van der Waals surface area contributed by atoms with Crippen molar-refractivity contribution in [2.24, 2.45) is 0 Å². The average molecular weight is 568 g/mol. The number of benzene rings is 3. The summed E-state index contributed by atoms with van der Waals surface area (Å²) >= 11 is 0. The maximum atomic E-state index is 13.0. The summed E-state index contributed by atoms with van der Waals surface area (Å²) in [5.41, 5.74) is 3.08. The molecule has 1 fully saturated rings. The first-order chi connectivity index (χ1) is 20.2. The second-order valence-corrected chi connectivity index (χ2v) is 9.98. The van der Waals surface area contributed by atoms with Crippen LogP contribution in [0.4, 0.5) is 16.2 Å². The van der Waals surface area contributed by atoms with Gasteiger partial charge in [0.2, 0.25) is 17.7 Å². The topological polar surface area (TPSA) is 145 Å². The van der Waals surface area contributed by atoms with Crippen LogP contribution in [0.25, 0.3) is 0 Å². The molecule has 214 valence electrons. The van der Waals surface area contributed by atoms with Crippen molar-refractivity contribution >= 4 is 46.9 Å². The Kier molecular flexibility index (Phi) is 8.09. The first-order valence-electron chi connectivity index (χ1n) is 13.6. The average Bonchev–Trinajstić information content (AvgIpc) is 3.23. The Morgan fingerprint density at radius 2 is 1.60 bits per heavy atom. The van der Waals surface area contributed by atoms with Gasteiger partial charge >= 0.3 is 6.03 Å². The van der Waals surface area contributed by atoms with Gasteiger partial charge in [0.15, 0.2) is 0 Å². The highest BCUT2D eigenvalue weighted by molar-refractivity contribution is 6.23. The molecule has 1 atom stereocenters. The SMILES string of the molecule is CCN(C(=O)Cc1ccc(NC(=O)NCc2ccc3c(c2)C(=O)N(C2CCC(=O)NC2=O)C3=O)cc1)c1ccccc1. The number of nitrogens with zero attached hydrogens (tertiary/aromatic N) is 2. The third kappa shape index (κ3) is 5.90. The van der Waals surface area contributed by atoms with E-state index in [2.05, 4.69) is 16.0 Å². The summed E-state index contributed by atoms with van der Waals surface area (Å²) in [6, 6.07) is 19.6. The van der Waals surface area contributed by atoms with Gasteiger partial charge in [0.05, 0.1) is 17.5 Å². The number of piperidine rings is 1. The summed E-state index contributed by atoms with van der Waals surface area (Å²) in [6.45, 7) is 2.56. The second-order valence-electron chi connectivity index (χ2n) is 9.98. The lowest BCUT2D eigenvalue weighted by Crippen LogP contribution is -2.54. The Bertz CT molecular complexity index is 1570. The zero-order chi connectivity index (χ0) is 29.8. The number of imide groups is 2. The molecule has 0 radical (unpaired) electrons. The van der Waals surface area contributed by atoms with Crippen LogP contribution < -0.4 is 20.9 Å². The van der Waals surface area contributed by atoms with Crippen molar-refractivity contribution in [3.8, 4) is 0 Å². The summed E-state index contributed by atoms with van der Waals surface area (Å²) in [7, 11) is 0. The summed E-state index contributed by atoms with van der Waals surface area (Å²) in [4.78, 5) is 77.5. The number of amides is 7. The predicted octanol–water partition coefficient (Wildman–Crippen LogP) is 3.01. The van der Waals surface area contributed by atoms with E-state index in [4.69, 9.17) is 0 Å². The molecule has 5 rings (SSSR count). The maximum Gasteiger partial charge on any atom is 0.319 e. The van der Waals surface area contributed by atoms with E-state index in [0.29, 0.717) is 17.8 Å². The molecule has 0 aromatic heterocycles. The molecule has 3 N–H and O–H groups in total. The number of hydrogen-bond acceptors (Lipinski definition) is 6. The number of likely N-dealkylation sites (N-methyl/N-ethyl adjacent to an activating group) is 1. The molecule has 2 heterocycles. The molecule has 0 aliphatic carbocycles. The molecule has 7 amide bonds. The number of para-hydroxylation sites is 1. The third-order valence-electron chi connectivity index (χ3n) is 7.21. The third-order valence-corrected chi connectivity index (χ3v) is 7.21. The zero-order valence-electron chi connectivity index (χ0n) is 22.9. The first-order valence-corrected chi connectivity index (χ1v) is 13.6. The van der Waals surface area contributed by atoms with Crippen molar-refractivity contribution < 1.29 is 28.8 Å². The van der Waals surface area contributed by atoms with Crippen LogP contribution in [0, 0.1) is 0 Å². The van der Waals surface area contributed by atoms with Gasteiger partial charge in [-0.25, -0.2) is 4.79 Å². The lowest BCUT2D eigenvalue weighted by Gasteiger charge is -2.27. The van der Waals surface area contributed by atoms with E-state index in [1.54, 1.807) is 35.2 Å². The van der Waals surface area contributed by atoms with Crippen molar-refractivity contribution in [2.45, 2.75) is 38.8 Å². The molecule has 0 bridgehead atoms. The van der Waals surface area contributed by atoms with Gasteiger partial charge in [-0.05, 0) is 60.9 Å². The second kappa shape index (κ2) is 12.0. The molecule has 11 heteroatoms. The normalized spacial score (nSPS) is 16.1. The first kappa shape index (κ1) is 28.2. The van der Waals surface area contributed by atoms with E-state index in [1.807, 2.05) is 37.3 Å². The van der Waals surface area contributed by atoms with E-state index in [9.17, 15) is 28.8 Å². The Balaban J connectivity index is 1.15. The van der Waals surface area contributed by atoms with Crippen LogP contribution >= 0.6 is 0 Å². The van der Waals surface area contributed by atoms with Gasteiger partial charge in [0.25, 0.3) is 11.8 Å². The number of carbonyl (C=O) groups excluding carboxylic acids is 6. The van der Waals surface area contributed by atoms with Crippen LogP contribution in [-0.4, -0.2) is 53.1 Å². The Labute approximate surface area is 241 Å². The summed E-state index contributed by atoms with van der Waals surface area (Å²) in [5.74, 6) is -2.34. The summed E-state index contributed by atoms with van der Waals surface area (Å²) in [5, 5.41) is 7.62. The van der Waals surface area contributed by atoms with Crippen LogP contribution in [0.1, 0.15) is 51.6 Å². The summed E-state index contributed by atoms with van der Waals surface area (Å²) < 4.78 is 0. The quantitative estimate of drug-likeness (QED) is 0.357. The van der Waals surface area contributed by atoms with Crippen molar-refractivity contribution in [2.75, 3.05) is 16.8 Å². The fourth-order valence-electron chi connectivity index (χ4n) is 5.07. The highest BCUT2D eigenvalue weighted by Crippen LogP contribution is 2.28. The zero-order valence-corrected chi connectivity index (χ0v) is 22.9. The molecule has 3 aromatic carbocycles. The van der Waals surface area contributed by atoms with Gasteiger partial charge in [-0.3, -0.25) is 34.2 Å². The molecular formula is C31H29N5O6. The highest BCUT2D eigenvalue weighted by atomic mass is 16.2. The van der Waals surface area contributed by atoms with Crippen LogP contribution in [0.15, 0.2) is 72.8 Å². The van der Waals surface area contributed by atoms with Gasteiger partial charge in [-0.1, -0.05) is 36.4 Å². The van der Waals surface area contributed by atoms with Gasteiger partial charge in [0.1, 0.15) is 6.04 Å². The van der Waals surface area contributed by atoms with Gasteiger partial charge in [-0.2, -0.15) is 0 Å². The number of nitrogens with one attached hydrogen (secondary N) is 3. The standard InChI is InChI=1S/C31H29N5O6/c1-2-35(22-6-4-3-5-7-22)27(38)17-19-8-11-21(12-9-19)33-31(42)32-18-20-10-13-23-24(16-20)30(41)36(29(23)40)25-14-15-26(37)34-28(25)39/h3-13,16,25H,2,14-15,17-18H2,1H3,(H2,32,33,42)(H,34,37,39). The lowest BCUT2D eigenvalue weighted by molar-refractivity contribution is -0.136. The molecule has 42 heavy (non-hydrogen) atoms. The largest absolute Gasteiger partial charge is 0.334 e. The van der Waals surface area contributed by atoms with Crippen LogP contribution in [0.5, 0.6) is 0 Å². The summed E-state index contributed by atoms with van der Waals surface area (Å²) in [6.07, 6.45) is 0.337. The Morgan fingerprint density at radius 1 is 0.905 bits per heavy atom. The molecular weight excluding hydrogens is 538 g/mol. The monoisotopic (exact) mass is 567 g/mol.